The van der Waals surface area contributed by atoms with E-state index in [1.165, 1.54) is 0 Å². The van der Waals surface area contributed by atoms with Gasteiger partial charge in [0, 0.05) is 47.8 Å². The zero-order valence-electron chi connectivity index (χ0n) is 15.1. The zero-order valence-corrected chi connectivity index (χ0v) is 15.8. The number of amides is 1. The minimum absolute atomic E-state index is 0.161. The number of aromatic amines is 1. The Morgan fingerprint density at radius 2 is 2.19 bits per heavy atom. The van der Waals surface area contributed by atoms with Crippen LogP contribution in [0.4, 0.5) is 11.6 Å². The molecule has 1 amide bonds. The highest BCUT2D eigenvalue weighted by Gasteiger charge is 2.25. The van der Waals surface area contributed by atoms with Gasteiger partial charge in [-0.25, -0.2) is 9.97 Å². The highest BCUT2D eigenvalue weighted by Crippen LogP contribution is 2.26. The van der Waals surface area contributed by atoms with Crippen LogP contribution >= 0.6 is 11.6 Å². The summed E-state index contributed by atoms with van der Waals surface area (Å²) in [6.45, 7) is 5.98. The maximum absolute atomic E-state index is 13.0. The number of carbonyl (C=O) groups excluding carboxylic acids is 1. The molecular weight excluding hydrogens is 366 g/mol. The number of carbonyl (C=O) groups is 1. The third-order valence-electron chi connectivity index (χ3n) is 4.46. The standard InChI is InChI=1S/C18H20ClN7O/c1-10-7-15(25-24-10)22-16-13-8-12(19)3-4-14(13)21-17(23-16)18(27)26-6-5-20-11(2)9-26/h3-4,7-8,11,20H,5-6,9H2,1-2H3,(H2,21,22,23,24,25)/t11-/m1/s1. The van der Waals surface area contributed by atoms with Gasteiger partial charge in [0.05, 0.1) is 5.52 Å². The Hall–Kier alpha value is -2.71. The van der Waals surface area contributed by atoms with E-state index in [0.29, 0.717) is 35.3 Å². The number of H-pyrrole nitrogens is 1. The van der Waals surface area contributed by atoms with E-state index in [2.05, 4.69) is 37.7 Å². The molecule has 0 aliphatic carbocycles. The van der Waals surface area contributed by atoms with E-state index in [4.69, 9.17) is 11.6 Å². The summed E-state index contributed by atoms with van der Waals surface area (Å²) in [5, 5.41) is 14.9. The lowest BCUT2D eigenvalue weighted by atomic mass is 10.2. The van der Waals surface area contributed by atoms with Gasteiger partial charge in [-0.05, 0) is 32.0 Å². The molecule has 0 radical (unpaired) electrons. The molecule has 4 rings (SSSR count). The highest BCUT2D eigenvalue weighted by atomic mass is 35.5. The number of fused-ring (bicyclic) bond motifs is 1. The number of rotatable bonds is 3. The molecule has 1 aliphatic rings. The van der Waals surface area contributed by atoms with Gasteiger partial charge in [-0.3, -0.25) is 9.89 Å². The third-order valence-corrected chi connectivity index (χ3v) is 4.69. The number of hydrogen-bond donors (Lipinski definition) is 3. The van der Waals surface area contributed by atoms with Crippen molar-refractivity contribution in [3.05, 3.63) is 40.8 Å². The molecule has 1 saturated heterocycles. The Labute approximate surface area is 161 Å². The van der Waals surface area contributed by atoms with Crippen molar-refractivity contribution in [2.75, 3.05) is 25.0 Å². The number of hydrogen-bond acceptors (Lipinski definition) is 6. The van der Waals surface area contributed by atoms with Crippen LogP contribution in [-0.2, 0) is 0 Å². The second kappa shape index (κ2) is 7.13. The Morgan fingerprint density at radius 3 is 2.93 bits per heavy atom. The Bertz CT molecular complexity index is 1000. The van der Waals surface area contributed by atoms with E-state index in [0.717, 1.165) is 17.6 Å². The van der Waals surface area contributed by atoms with Crippen molar-refractivity contribution in [2.24, 2.45) is 0 Å². The van der Waals surface area contributed by atoms with E-state index >= 15 is 0 Å². The molecule has 1 atom stereocenters. The van der Waals surface area contributed by atoms with Crippen molar-refractivity contribution < 1.29 is 4.79 Å². The third kappa shape index (κ3) is 3.72. The predicted molar refractivity (Wildman–Crippen MR) is 105 cm³/mol. The molecular formula is C18H20ClN7O. The van der Waals surface area contributed by atoms with E-state index in [9.17, 15) is 4.79 Å². The van der Waals surface area contributed by atoms with Crippen molar-refractivity contribution in [1.29, 1.82) is 0 Å². The van der Waals surface area contributed by atoms with Crippen LogP contribution in [0, 0.1) is 6.92 Å². The quantitative estimate of drug-likeness (QED) is 0.640. The Morgan fingerprint density at radius 1 is 1.33 bits per heavy atom. The largest absolute Gasteiger partial charge is 0.333 e. The lowest BCUT2D eigenvalue weighted by molar-refractivity contribution is 0.0697. The van der Waals surface area contributed by atoms with Crippen LogP contribution in [-0.4, -0.2) is 56.6 Å². The van der Waals surface area contributed by atoms with Gasteiger partial charge in [0.25, 0.3) is 5.91 Å². The lowest BCUT2D eigenvalue weighted by Crippen LogP contribution is -2.51. The van der Waals surface area contributed by atoms with Crippen molar-refractivity contribution in [3.8, 4) is 0 Å². The van der Waals surface area contributed by atoms with Crippen LogP contribution in [0.25, 0.3) is 10.9 Å². The maximum Gasteiger partial charge on any atom is 0.291 e. The smallest absolute Gasteiger partial charge is 0.291 e. The molecule has 0 bridgehead atoms. The first-order chi connectivity index (χ1) is 13.0. The SMILES string of the molecule is Cc1cc(Nc2nc(C(=O)N3CCN[C@H](C)C3)nc3ccc(Cl)cc23)n[nH]1. The van der Waals surface area contributed by atoms with Gasteiger partial charge in [0.1, 0.15) is 5.82 Å². The van der Waals surface area contributed by atoms with Gasteiger partial charge in [0.2, 0.25) is 5.82 Å². The molecule has 27 heavy (non-hydrogen) atoms. The zero-order chi connectivity index (χ0) is 19.0. The van der Waals surface area contributed by atoms with Crippen molar-refractivity contribution in [2.45, 2.75) is 19.9 Å². The number of piperazine rings is 1. The minimum atomic E-state index is -0.179. The molecule has 1 aromatic carbocycles. The van der Waals surface area contributed by atoms with Crippen LogP contribution in [0.3, 0.4) is 0 Å². The number of benzene rings is 1. The van der Waals surface area contributed by atoms with Crippen molar-refractivity contribution in [1.82, 2.24) is 30.4 Å². The molecule has 2 aromatic heterocycles. The minimum Gasteiger partial charge on any atom is -0.333 e. The van der Waals surface area contributed by atoms with Crippen molar-refractivity contribution in [3.63, 3.8) is 0 Å². The average molecular weight is 386 g/mol. The number of aryl methyl sites for hydroxylation is 1. The molecule has 0 spiro atoms. The fourth-order valence-electron chi connectivity index (χ4n) is 3.15. The van der Waals surface area contributed by atoms with Crippen LogP contribution in [0.5, 0.6) is 0 Å². The Kier molecular flexibility index (Phi) is 4.67. The number of halogens is 1. The molecule has 140 valence electrons. The molecule has 1 fully saturated rings. The second-order valence-electron chi connectivity index (χ2n) is 6.72. The Balaban J connectivity index is 1.75. The van der Waals surface area contributed by atoms with Gasteiger partial charge in [-0.15, -0.1) is 0 Å². The summed E-state index contributed by atoms with van der Waals surface area (Å²) >= 11 is 6.15. The molecule has 3 heterocycles. The van der Waals surface area contributed by atoms with Crippen LogP contribution in [0.1, 0.15) is 23.2 Å². The van der Waals surface area contributed by atoms with Gasteiger partial charge in [-0.1, -0.05) is 11.6 Å². The van der Waals surface area contributed by atoms with Gasteiger partial charge in [-0.2, -0.15) is 5.10 Å². The van der Waals surface area contributed by atoms with Crippen LogP contribution < -0.4 is 10.6 Å². The van der Waals surface area contributed by atoms with E-state index < -0.39 is 0 Å². The normalized spacial score (nSPS) is 17.3. The van der Waals surface area contributed by atoms with Crippen LogP contribution in [0.15, 0.2) is 24.3 Å². The molecule has 0 saturated carbocycles. The van der Waals surface area contributed by atoms with Crippen LogP contribution in [0.2, 0.25) is 5.02 Å². The summed E-state index contributed by atoms with van der Waals surface area (Å²) in [5.74, 6) is 1.09. The summed E-state index contributed by atoms with van der Waals surface area (Å²) in [7, 11) is 0. The van der Waals surface area contributed by atoms with Crippen molar-refractivity contribution >= 4 is 40.0 Å². The predicted octanol–water partition coefficient (Wildman–Crippen LogP) is 2.49. The summed E-state index contributed by atoms with van der Waals surface area (Å²) in [6.07, 6.45) is 0. The maximum atomic E-state index is 13.0. The van der Waals surface area contributed by atoms with E-state index in [1.54, 1.807) is 23.1 Å². The van der Waals surface area contributed by atoms with Gasteiger partial charge >= 0.3 is 0 Å². The molecule has 3 N–H and O–H groups in total. The number of nitrogens with zero attached hydrogens (tertiary/aromatic N) is 4. The highest BCUT2D eigenvalue weighted by molar-refractivity contribution is 6.31. The number of anilines is 2. The molecule has 1 aliphatic heterocycles. The number of aromatic nitrogens is 4. The van der Waals surface area contributed by atoms with Gasteiger partial charge < -0.3 is 15.5 Å². The molecule has 8 nitrogen and oxygen atoms in total. The monoisotopic (exact) mass is 385 g/mol. The topological polar surface area (TPSA) is 98.8 Å². The second-order valence-corrected chi connectivity index (χ2v) is 7.16. The van der Waals surface area contributed by atoms with E-state index in [-0.39, 0.29) is 17.8 Å². The summed E-state index contributed by atoms with van der Waals surface area (Å²) in [5.41, 5.74) is 1.57. The number of nitrogens with one attached hydrogen (secondary N) is 3. The molecule has 3 aromatic rings. The summed E-state index contributed by atoms with van der Waals surface area (Å²) in [4.78, 5) is 23.7. The molecule has 0 unspecified atom stereocenters. The fraction of sp³-hybridized carbons (Fsp3) is 0.333. The molecule has 9 heteroatoms. The first-order valence-corrected chi connectivity index (χ1v) is 9.16. The average Bonchev–Trinajstić information content (AvgIpc) is 3.06. The van der Waals surface area contributed by atoms with E-state index in [1.807, 2.05) is 13.0 Å². The first kappa shape index (κ1) is 17.7. The van der Waals surface area contributed by atoms with Gasteiger partial charge in [0.15, 0.2) is 5.82 Å². The summed E-state index contributed by atoms with van der Waals surface area (Å²) in [6, 6.07) is 7.42. The fourth-order valence-corrected chi connectivity index (χ4v) is 3.33. The first-order valence-electron chi connectivity index (χ1n) is 8.78. The lowest BCUT2D eigenvalue weighted by Gasteiger charge is -2.31. The summed E-state index contributed by atoms with van der Waals surface area (Å²) < 4.78 is 0.